The van der Waals surface area contributed by atoms with Gasteiger partial charge in [-0.25, -0.2) is 4.72 Å². The first-order valence-corrected chi connectivity index (χ1v) is 8.33. The highest BCUT2D eigenvalue weighted by Crippen LogP contribution is 2.17. The maximum absolute atomic E-state index is 12.3. The number of carbonyl (C=O) groups is 1. The van der Waals surface area contributed by atoms with Gasteiger partial charge in [-0.2, -0.15) is 12.7 Å². The van der Waals surface area contributed by atoms with Crippen LogP contribution in [-0.2, 0) is 16.8 Å². The largest absolute Gasteiger partial charge is 0.496 e. The van der Waals surface area contributed by atoms with Crippen LogP contribution in [0.4, 0.5) is 0 Å². The van der Waals surface area contributed by atoms with Gasteiger partial charge in [0.05, 0.1) is 12.7 Å². The first kappa shape index (κ1) is 17.0. The minimum absolute atomic E-state index is 0.159. The molecule has 0 aliphatic heterocycles. The summed E-state index contributed by atoms with van der Waals surface area (Å²) in [7, 11) is -1.13. The second-order valence-electron chi connectivity index (χ2n) is 4.88. The predicted molar refractivity (Wildman–Crippen MR) is 87.3 cm³/mol. The molecule has 2 aromatic carbocycles. The number of methoxy groups -OCH3 is 1. The highest BCUT2D eigenvalue weighted by atomic mass is 32.2. The van der Waals surface area contributed by atoms with E-state index in [0.29, 0.717) is 5.75 Å². The molecule has 1 amide bonds. The van der Waals surface area contributed by atoms with Crippen molar-refractivity contribution in [2.24, 2.45) is 0 Å². The maximum Gasteiger partial charge on any atom is 0.304 e. The Balaban J connectivity index is 2.12. The molecule has 0 unspecified atom stereocenters. The van der Waals surface area contributed by atoms with Crippen LogP contribution in [0.5, 0.6) is 5.75 Å². The van der Waals surface area contributed by atoms with Crippen LogP contribution in [0, 0.1) is 0 Å². The fourth-order valence-corrected chi connectivity index (χ4v) is 2.83. The molecule has 0 saturated carbocycles. The number of ether oxygens (including phenoxy) is 1. The molecule has 0 aliphatic rings. The highest BCUT2D eigenvalue weighted by Gasteiger charge is 2.23. The number of para-hydroxylation sites is 1. The molecule has 0 aromatic heterocycles. The predicted octanol–water partition coefficient (Wildman–Crippen LogP) is 1.80. The number of amides is 1. The zero-order valence-corrected chi connectivity index (χ0v) is 13.7. The summed E-state index contributed by atoms with van der Waals surface area (Å²) in [6, 6.07) is 15.6. The molecule has 1 N–H and O–H groups in total. The lowest BCUT2D eigenvalue weighted by Crippen LogP contribution is -2.41. The second-order valence-corrected chi connectivity index (χ2v) is 6.66. The van der Waals surface area contributed by atoms with Gasteiger partial charge in [0.1, 0.15) is 5.75 Å². The normalized spacial score (nSPS) is 11.3. The molecule has 0 radical (unpaired) electrons. The standard InChI is InChI=1S/C16H18N2O4S/c1-18(12-13-8-4-3-5-9-13)23(20,21)17-16(19)14-10-6-7-11-15(14)22-2/h3-11H,12H2,1-2H3,(H,17,19). The Morgan fingerprint density at radius 1 is 1.09 bits per heavy atom. The van der Waals surface area contributed by atoms with Crippen molar-refractivity contribution in [1.82, 2.24) is 9.03 Å². The molecule has 0 fully saturated rings. The summed E-state index contributed by atoms with van der Waals surface area (Å²) in [4.78, 5) is 12.2. The molecule has 2 rings (SSSR count). The summed E-state index contributed by atoms with van der Waals surface area (Å²) in [5.74, 6) is -0.423. The summed E-state index contributed by atoms with van der Waals surface area (Å²) < 4.78 is 32.7. The van der Waals surface area contributed by atoms with Crippen LogP contribution < -0.4 is 9.46 Å². The van der Waals surface area contributed by atoms with Crippen LogP contribution in [0.25, 0.3) is 0 Å². The third kappa shape index (κ3) is 4.30. The zero-order valence-electron chi connectivity index (χ0n) is 12.9. The Kier molecular flexibility index (Phi) is 5.36. The quantitative estimate of drug-likeness (QED) is 0.874. The SMILES string of the molecule is COc1ccccc1C(=O)NS(=O)(=O)N(C)Cc1ccccc1. The van der Waals surface area contributed by atoms with Crippen LogP contribution in [-0.4, -0.2) is 32.8 Å². The van der Waals surface area contributed by atoms with Crippen LogP contribution in [0.15, 0.2) is 54.6 Å². The van der Waals surface area contributed by atoms with Crippen molar-refractivity contribution in [2.75, 3.05) is 14.2 Å². The molecule has 2 aromatic rings. The highest BCUT2D eigenvalue weighted by molar-refractivity contribution is 7.87. The van der Waals surface area contributed by atoms with E-state index in [4.69, 9.17) is 4.74 Å². The Hall–Kier alpha value is -2.38. The summed E-state index contributed by atoms with van der Waals surface area (Å²) in [5.41, 5.74) is 0.983. The van der Waals surface area contributed by atoms with E-state index in [-0.39, 0.29) is 12.1 Å². The molecular weight excluding hydrogens is 316 g/mol. The van der Waals surface area contributed by atoms with Gasteiger partial charge in [-0.3, -0.25) is 4.79 Å². The molecule has 0 saturated heterocycles. The molecule has 7 heteroatoms. The fraction of sp³-hybridized carbons (Fsp3) is 0.188. The third-order valence-electron chi connectivity index (χ3n) is 3.23. The summed E-state index contributed by atoms with van der Waals surface area (Å²) >= 11 is 0. The van der Waals surface area contributed by atoms with Crippen LogP contribution in [0.3, 0.4) is 0 Å². The lowest BCUT2D eigenvalue weighted by atomic mass is 10.2. The van der Waals surface area contributed by atoms with Gasteiger partial charge in [-0.15, -0.1) is 0 Å². The topological polar surface area (TPSA) is 75.7 Å². The van der Waals surface area contributed by atoms with E-state index in [0.717, 1.165) is 9.87 Å². The molecule has 23 heavy (non-hydrogen) atoms. The summed E-state index contributed by atoms with van der Waals surface area (Å²) in [6.07, 6.45) is 0. The van der Waals surface area contributed by atoms with Gasteiger partial charge in [0.2, 0.25) is 0 Å². The minimum Gasteiger partial charge on any atom is -0.496 e. The monoisotopic (exact) mass is 334 g/mol. The first-order valence-electron chi connectivity index (χ1n) is 6.89. The van der Waals surface area contributed by atoms with Gasteiger partial charge in [0.25, 0.3) is 5.91 Å². The van der Waals surface area contributed by atoms with Gasteiger partial charge in [0.15, 0.2) is 0 Å². The average molecular weight is 334 g/mol. The van der Waals surface area contributed by atoms with E-state index in [1.807, 2.05) is 35.1 Å². The lowest BCUT2D eigenvalue weighted by molar-refractivity contribution is 0.0976. The van der Waals surface area contributed by atoms with Crippen molar-refractivity contribution in [3.05, 3.63) is 65.7 Å². The summed E-state index contributed by atoms with van der Waals surface area (Å²) in [5, 5.41) is 0. The van der Waals surface area contributed by atoms with Gasteiger partial charge >= 0.3 is 10.2 Å². The van der Waals surface area contributed by atoms with E-state index in [1.54, 1.807) is 18.2 Å². The van der Waals surface area contributed by atoms with Crippen molar-refractivity contribution in [3.8, 4) is 5.75 Å². The average Bonchev–Trinajstić information content (AvgIpc) is 2.55. The van der Waals surface area contributed by atoms with Crippen molar-refractivity contribution in [2.45, 2.75) is 6.54 Å². The number of nitrogens with one attached hydrogen (secondary N) is 1. The third-order valence-corrected chi connectivity index (χ3v) is 4.62. The van der Waals surface area contributed by atoms with Gasteiger partial charge < -0.3 is 4.74 Å². The van der Waals surface area contributed by atoms with Crippen molar-refractivity contribution < 1.29 is 17.9 Å². The Bertz CT molecular complexity index is 776. The Morgan fingerprint density at radius 2 is 1.70 bits per heavy atom. The Labute approximate surface area is 135 Å². The lowest BCUT2D eigenvalue weighted by Gasteiger charge is -2.18. The number of rotatable bonds is 6. The van der Waals surface area contributed by atoms with E-state index in [1.165, 1.54) is 20.2 Å². The van der Waals surface area contributed by atoms with Crippen LogP contribution >= 0.6 is 0 Å². The number of carbonyl (C=O) groups excluding carboxylic acids is 1. The molecular formula is C16H18N2O4S. The molecule has 0 aliphatic carbocycles. The minimum atomic E-state index is -3.95. The van der Waals surface area contributed by atoms with Gasteiger partial charge in [0, 0.05) is 13.6 Å². The van der Waals surface area contributed by atoms with Gasteiger partial charge in [-0.05, 0) is 17.7 Å². The smallest absolute Gasteiger partial charge is 0.304 e. The van der Waals surface area contributed by atoms with E-state index >= 15 is 0 Å². The number of nitrogens with zero attached hydrogens (tertiary/aromatic N) is 1. The van der Waals surface area contributed by atoms with Crippen LogP contribution in [0.2, 0.25) is 0 Å². The molecule has 0 heterocycles. The van der Waals surface area contributed by atoms with Crippen molar-refractivity contribution >= 4 is 16.1 Å². The summed E-state index contributed by atoms with van der Waals surface area (Å²) in [6.45, 7) is 0.162. The number of hydrogen-bond acceptors (Lipinski definition) is 4. The van der Waals surface area contributed by atoms with E-state index < -0.39 is 16.1 Å². The van der Waals surface area contributed by atoms with Crippen molar-refractivity contribution in [1.29, 1.82) is 0 Å². The maximum atomic E-state index is 12.3. The molecule has 122 valence electrons. The number of hydrogen-bond donors (Lipinski definition) is 1. The first-order chi connectivity index (χ1) is 10.9. The Morgan fingerprint density at radius 3 is 2.35 bits per heavy atom. The van der Waals surface area contributed by atoms with E-state index in [9.17, 15) is 13.2 Å². The molecule has 0 atom stereocenters. The van der Waals surface area contributed by atoms with Crippen LogP contribution in [0.1, 0.15) is 15.9 Å². The fourth-order valence-electron chi connectivity index (χ4n) is 2.01. The number of benzene rings is 2. The van der Waals surface area contributed by atoms with E-state index in [2.05, 4.69) is 0 Å². The van der Waals surface area contributed by atoms with Crippen molar-refractivity contribution in [3.63, 3.8) is 0 Å². The molecule has 0 bridgehead atoms. The second kappa shape index (κ2) is 7.26. The molecule has 6 nitrogen and oxygen atoms in total. The zero-order chi connectivity index (χ0) is 16.9. The van der Waals surface area contributed by atoms with Gasteiger partial charge in [-0.1, -0.05) is 42.5 Å². The molecule has 0 spiro atoms.